The molecule has 2 amide bonds. The highest BCUT2D eigenvalue weighted by atomic mass is 79.9. The first-order chi connectivity index (χ1) is 8.52. The average molecular weight is 315 g/mol. The van der Waals surface area contributed by atoms with E-state index >= 15 is 0 Å². The van der Waals surface area contributed by atoms with Crippen LogP contribution in [0.1, 0.15) is 18.9 Å². The zero-order valence-corrected chi connectivity index (χ0v) is 12.3. The first-order valence-corrected chi connectivity index (χ1v) is 6.74. The topological polar surface area (TPSA) is 61.4 Å². The summed E-state index contributed by atoms with van der Waals surface area (Å²) in [4.78, 5) is 11.7. The number of carbonyl (C=O) groups is 1. The molecule has 100 valence electrons. The molecule has 1 aromatic rings. The molecule has 1 rings (SSSR count). The third-order valence-corrected chi connectivity index (χ3v) is 3.16. The maximum absolute atomic E-state index is 11.7. The molecule has 1 aromatic carbocycles. The molecule has 5 heteroatoms. The lowest BCUT2D eigenvalue weighted by atomic mass is 10.1. The maximum Gasteiger partial charge on any atom is 0.319 e. The number of aliphatic hydroxyl groups excluding tert-OH is 1. The van der Waals surface area contributed by atoms with Crippen LogP contribution in [-0.2, 0) is 0 Å². The van der Waals surface area contributed by atoms with Crippen LogP contribution in [-0.4, -0.2) is 24.3 Å². The molecule has 4 nitrogen and oxygen atoms in total. The molecule has 0 bridgehead atoms. The Hall–Kier alpha value is -1.07. The number of aliphatic hydroxyl groups is 1. The van der Waals surface area contributed by atoms with Gasteiger partial charge in [0.2, 0.25) is 0 Å². The fourth-order valence-corrected chi connectivity index (χ4v) is 2.00. The molecular formula is C13H19BrN2O2. The van der Waals surface area contributed by atoms with E-state index < -0.39 is 0 Å². The quantitative estimate of drug-likeness (QED) is 0.782. The lowest BCUT2D eigenvalue weighted by molar-refractivity contribution is 0.243. The Morgan fingerprint density at radius 3 is 2.83 bits per heavy atom. The van der Waals surface area contributed by atoms with Gasteiger partial charge in [-0.05, 0) is 43.0 Å². The van der Waals surface area contributed by atoms with Crippen LogP contribution >= 0.6 is 15.9 Å². The molecular weight excluding hydrogens is 296 g/mol. The van der Waals surface area contributed by atoms with Crippen LogP contribution in [0.25, 0.3) is 0 Å². The lowest BCUT2D eigenvalue weighted by Crippen LogP contribution is -2.32. The highest BCUT2D eigenvalue weighted by Gasteiger charge is 2.06. The van der Waals surface area contributed by atoms with Crippen molar-refractivity contribution < 1.29 is 9.90 Å². The largest absolute Gasteiger partial charge is 0.396 e. The number of benzene rings is 1. The van der Waals surface area contributed by atoms with Gasteiger partial charge in [0.05, 0.1) is 0 Å². The van der Waals surface area contributed by atoms with E-state index in [1.54, 1.807) is 0 Å². The molecule has 0 saturated heterocycles. The van der Waals surface area contributed by atoms with E-state index in [9.17, 15) is 4.79 Å². The third-order valence-electron chi connectivity index (χ3n) is 2.67. The minimum atomic E-state index is -0.217. The van der Waals surface area contributed by atoms with Gasteiger partial charge < -0.3 is 15.7 Å². The monoisotopic (exact) mass is 314 g/mol. The summed E-state index contributed by atoms with van der Waals surface area (Å²) in [6.45, 7) is 4.63. The molecule has 3 N–H and O–H groups in total. The van der Waals surface area contributed by atoms with Gasteiger partial charge in [0, 0.05) is 23.3 Å². The van der Waals surface area contributed by atoms with Crippen LogP contribution < -0.4 is 10.6 Å². The number of rotatable bonds is 5. The van der Waals surface area contributed by atoms with Crippen molar-refractivity contribution >= 4 is 27.6 Å². The molecule has 0 radical (unpaired) electrons. The molecule has 0 saturated carbocycles. The third kappa shape index (κ3) is 5.06. The average Bonchev–Trinajstić information content (AvgIpc) is 2.31. The van der Waals surface area contributed by atoms with Gasteiger partial charge in [0.25, 0.3) is 0 Å². The van der Waals surface area contributed by atoms with Crippen molar-refractivity contribution in [3.8, 4) is 0 Å². The summed E-state index contributed by atoms with van der Waals surface area (Å²) in [5.41, 5.74) is 1.80. The van der Waals surface area contributed by atoms with Gasteiger partial charge in [-0.25, -0.2) is 4.79 Å². The van der Waals surface area contributed by atoms with Crippen molar-refractivity contribution in [1.29, 1.82) is 0 Å². The second kappa shape index (κ2) is 7.38. The van der Waals surface area contributed by atoms with Crippen molar-refractivity contribution in [1.82, 2.24) is 5.32 Å². The Morgan fingerprint density at radius 2 is 2.22 bits per heavy atom. The number of hydrogen-bond donors (Lipinski definition) is 3. The highest BCUT2D eigenvalue weighted by molar-refractivity contribution is 9.10. The number of amides is 2. The number of nitrogens with one attached hydrogen (secondary N) is 2. The molecule has 1 atom stereocenters. The van der Waals surface area contributed by atoms with E-state index in [1.165, 1.54) is 0 Å². The zero-order valence-electron chi connectivity index (χ0n) is 10.7. The Labute approximate surface area is 116 Å². The fraction of sp³-hybridized carbons (Fsp3) is 0.462. The second-order valence-corrected chi connectivity index (χ2v) is 5.33. The van der Waals surface area contributed by atoms with Crippen molar-refractivity contribution in [3.63, 3.8) is 0 Å². The Kier molecular flexibility index (Phi) is 6.15. The van der Waals surface area contributed by atoms with Crippen LogP contribution in [0.4, 0.5) is 10.5 Å². The minimum absolute atomic E-state index is 0.149. The summed E-state index contributed by atoms with van der Waals surface area (Å²) < 4.78 is 0.988. The van der Waals surface area contributed by atoms with Crippen molar-refractivity contribution in [3.05, 3.63) is 28.2 Å². The summed E-state index contributed by atoms with van der Waals surface area (Å²) in [5, 5.41) is 14.4. The lowest BCUT2D eigenvalue weighted by Gasteiger charge is -2.13. The van der Waals surface area contributed by atoms with Crippen molar-refractivity contribution in [2.45, 2.75) is 20.3 Å². The van der Waals surface area contributed by atoms with Gasteiger partial charge in [-0.3, -0.25) is 0 Å². The number of halogens is 1. The van der Waals surface area contributed by atoms with Gasteiger partial charge in [0.1, 0.15) is 0 Å². The SMILES string of the molecule is Cc1cc(Br)ccc1NC(=O)NCC(C)CCO. The molecule has 0 aliphatic heterocycles. The van der Waals surface area contributed by atoms with E-state index in [-0.39, 0.29) is 18.6 Å². The standard InChI is InChI=1S/C13H19BrN2O2/c1-9(5-6-17)8-15-13(18)16-12-4-3-11(14)7-10(12)2/h3-4,7,9,17H,5-6,8H2,1-2H3,(H2,15,16,18). The Bertz CT molecular complexity index is 410. The number of carbonyl (C=O) groups excluding carboxylic acids is 1. The Morgan fingerprint density at radius 1 is 1.50 bits per heavy atom. The molecule has 0 aromatic heterocycles. The number of urea groups is 1. The van der Waals surface area contributed by atoms with E-state index in [1.807, 2.05) is 32.0 Å². The summed E-state index contributed by atoms with van der Waals surface area (Å²) in [7, 11) is 0. The second-order valence-electron chi connectivity index (χ2n) is 4.41. The van der Waals surface area contributed by atoms with Gasteiger partial charge in [-0.2, -0.15) is 0 Å². The number of aryl methyl sites for hydroxylation is 1. The van der Waals surface area contributed by atoms with E-state index in [2.05, 4.69) is 26.6 Å². The van der Waals surface area contributed by atoms with E-state index in [4.69, 9.17) is 5.11 Å². The molecule has 1 unspecified atom stereocenters. The zero-order chi connectivity index (χ0) is 13.5. The van der Waals surface area contributed by atoms with Gasteiger partial charge in [-0.15, -0.1) is 0 Å². The summed E-state index contributed by atoms with van der Waals surface area (Å²) in [6, 6.07) is 5.47. The normalized spacial score (nSPS) is 12.0. The van der Waals surface area contributed by atoms with Crippen LogP contribution in [0, 0.1) is 12.8 Å². The predicted molar refractivity (Wildman–Crippen MR) is 76.8 cm³/mol. The predicted octanol–water partition coefficient (Wildman–Crippen LogP) is 2.90. The smallest absolute Gasteiger partial charge is 0.319 e. The van der Waals surface area contributed by atoms with Crippen molar-refractivity contribution in [2.75, 3.05) is 18.5 Å². The molecule has 18 heavy (non-hydrogen) atoms. The molecule has 0 aliphatic carbocycles. The van der Waals surface area contributed by atoms with Crippen LogP contribution in [0.5, 0.6) is 0 Å². The Balaban J connectivity index is 2.44. The first-order valence-electron chi connectivity index (χ1n) is 5.94. The van der Waals surface area contributed by atoms with Crippen molar-refractivity contribution in [2.24, 2.45) is 5.92 Å². The minimum Gasteiger partial charge on any atom is -0.396 e. The molecule has 0 heterocycles. The summed E-state index contributed by atoms with van der Waals surface area (Å²) in [6.07, 6.45) is 0.692. The van der Waals surface area contributed by atoms with Gasteiger partial charge in [-0.1, -0.05) is 22.9 Å². The first kappa shape index (κ1) is 15.0. The van der Waals surface area contributed by atoms with Crippen LogP contribution in [0.15, 0.2) is 22.7 Å². The van der Waals surface area contributed by atoms with E-state index in [0.717, 1.165) is 15.7 Å². The highest BCUT2D eigenvalue weighted by Crippen LogP contribution is 2.19. The van der Waals surface area contributed by atoms with Crippen LogP contribution in [0.2, 0.25) is 0 Å². The van der Waals surface area contributed by atoms with E-state index in [0.29, 0.717) is 13.0 Å². The molecule has 0 aliphatic rings. The fourth-order valence-electron chi connectivity index (χ4n) is 1.52. The van der Waals surface area contributed by atoms with Gasteiger partial charge in [0.15, 0.2) is 0 Å². The van der Waals surface area contributed by atoms with Gasteiger partial charge >= 0.3 is 6.03 Å². The maximum atomic E-state index is 11.7. The van der Waals surface area contributed by atoms with Crippen LogP contribution in [0.3, 0.4) is 0 Å². The summed E-state index contributed by atoms with van der Waals surface area (Å²) >= 11 is 3.38. The molecule has 0 fully saturated rings. The molecule has 0 spiro atoms. The number of anilines is 1. The summed E-state index contributed by atoms with van der Waals surface area (Å²) in [5.74, 6) is 0.270. The number of hydrogen-bond acceptors (Lipinski definition) is 2.